The molecule has 1 aromatic rings. The summed E-state index contributed by atoms with van der Waals surface area (Å²) in [5.74, 6) is -0.412. The first kappa shape index (κ1) is 18.1. The molecule has 1 aromatic carbocycles. The summed E-state index contributed by atoms with van der Waals surface area (Å²) in [6.45, 7) is 3.21. The lowest BCUT2D eigenvalue weighted by atomic mass is 10.2. The van der Waals surface area contributed by atoms with Crippen molar-refractivity contribution in [2.24, 2.45) is 0 Å². The maximum absolute atomic E-state index is 12.4. The van der Waals surface area contributed by atoms with Crippen LogP contribution < -0.4 is 5.32 Å². The monoisotopic (exact) mass is 366 g/mol. The van der Waals surface area contributed by atoms with Crippen molar-refractivity contribution < 1.29 is 9.59 Å². The first-order valence-corrected chi connectivity index (χ1v) is 8.05. The highest BCUT2D eigenvalue weighted by atomic mass is 35.5. The molecule has 1 saturated heterocycles. The molecule has 1 N–H and O–H groups in total. The van der Waals surface area contributed by atoms with Crippen LogP contribution in [-0.4, -0.2) is 47.8 Å². The summed E-state index contributed by atoms with van der Waals surface area (Å²) in [6.07, 6.45) is 1.30. The number of carbonyl (C=O) groups is 2. The average molecular weight is 367 g/mol. The van der Waals surface area contributed by atoms with Crippen LogP contribution in [0.4, 0.5) is 5.69 Å². The molecular formula is C16H16Cl2N4O2. The van der Waals surface area contributed by atoms with E-state index in [0.29, 0.717) is 41.9 Å². The number of nitriles is 1. The molecule has 0 spiro atoms. The van der Waals surface area contributed by atoms with Crippen LogP contribution in [0.2, 0.25) is 10.0 Å². The van der Waals surface area contributed by atoms with E-state index in [4.69, 9.17) is 23.2 Å². The Morgan fingerprint density at radius 2 is 1.71 bits per heavy atom. The summed E-state index contributed by atoms with van der Waals surface area (Å²) in [5, 5.41) is 12.8. The van der Waals surface area contributed by atoms with Crippen LogP contribution in [0.3, 0.4) is 0 Å². The maximum atomic E-state index is 12.4. The Morgan fingerprint density at radius 3 is 2.21 bits per heavy atom. The largest absolute Gasteiger partial charge is 0.358 e. The predicted molar refractivity (Wildman–Crippen MR) is 92.6 cm³/mol. The van der Waals surface area contributed by atoms with Gasteiger partial charge in [0.1, 0.15) is 11.6 Å². The van der Waals surface area contributed by atoms with E-state index >= 15 is 0 Å². The Hall–Kier alpha value is -2.23. The van der Waals surface area contributed by atoms with Gasteiger partial charge in [0.15, 0.2) is 0 Å². The minimum Gasteiger partial charge on any atom is -0.358 e. The Kier molecular flexibility index (Phi) is 6.07. The van der Waals surface area contributed by atoms with E-state index < -0.39 is 5.91 Å². The molecule has 6 nitrogen and oxygen atoms in total. The van der Waals surface area contributed by atoms with E-state index in [9.17, 15) is 14.9 Å². The zero-order chi connectivity index (χ0) is 17.7. The summed E-state index contributed by atoms with van der Waals surface area (Å²) in [4.78, 5) is 26.9. The predicted octanol–water partition coefficient (Wildman–Crippen LogP) is 2.50. The Morgan fingerprint density at radius 1 is 1.17 bits per heavy atom. The van der Waals surface area contributed by atoms with Crippen molar-refractivity contribution in [1.82, 2.24) is 9.80 Å². The highest BCUT2D eigenvalue weighted by Gasteiger charge is 2.24. The fourth-order valence-electron chi connectivity index (χ4n) is 2.32. The van der Waals surface area contributed by atoms with Crippen LogP contribution in [0.15, 0.2) is 30.0 Å². The molecule has 126 valence electrons. The van der Waals surface area contributed by atoms with Crippen molar-refractivity contribution in [3.05, 3.63) is 40.0 Å². The van der Waals surface area contributed by atoms with Crippen molar-refractivity contribution >= 4 is 40.7 Å². The number of amides is 2. The first-order chi connectivity index (χ1) is 11.4. The third-order valence-electron chi connectivity index (χ3n) is 3.69. The molecule has 24 heavy (non-hydrogen) atoms. The molecule has 0 atom stereocenters. The number of benzene rings is 1. The van der Waals surface area contributed by atoms with Gasteiger partial charge in [-0.25, -0.2) is 0 Å². The summed E-state index contributed by atoms with van der Waals surface area (Å²) < 4.78 is 0. The standard InChI is InChI=1S/C16H16Cl2N4O2/c1-11(23)21-5-7-22(8-6-21)16(24)12(9-19)10-20-15-13(17)3-2-4-14(15)18/h2-4,10,20H,5-8H2,1H3/b12-10-. The number of rotatable bonds is 3. The van der Waals surface area contributed by atoms with E-state index in [1.807, 2.05) is 6.07 Å². The topological polar surface area (TPSA) is 76.4 Å². The second kappa shape index (κ2) is 8.04. The molecular weight excluding hydrogens is 351 g/mol. The zero-order valence-corrected chi connectivity index (χ0v) is 14.6. The van der Waals surface area contributed by atoms with Gasteiger partial charge in [-0.2, -0.15) is 5.26 Å². The molecule has 1 aliphatic rings. The Bertz CT molecular complexity index is 699. The van der Waals surface area contributed by atoms with Crippen molar-refractivity contribution in [1.29, 1.82) is 5.26 Å². The molecule has 0 saturated carbocycles. The molecule has 2 rings (SSSR count). The van der Waals surface area contributed by atoms with Crippen LogP contribution in [-0.2, 0) is 9.59 Å². The van der Waals surface area contributed by atoms with Gasteiger partial charge in [0.2, 0.25) is 5.91 Å². The van der Waals surface area contributed by atoms with E-state index in [2.05, 4.69) is 5.32 Å². The van der Waals surface area contributed by atoms with Crippen molar-refractivity contribution in [2.45, 2.75) is 6.92 Å². The quantitative estimate of drug-likeness (QED) is 0.658. The number of anilines is 1. The molecule has 0 bridgehead atoms. The highest BCUT2D eigenvalue weighted by Crippen LogP contribution is 2.29. The van der Waals surface area contributed by atoms with Crippen LogP contribution >= 0.6 is 23.2 Å². The van der Waals surface area contributed by atoms with Crippen LogP contribution in [0.1, 0.15) is 6.92 Å². The lowest BCUT2D eigenvalue weighted by Crippen LogP contribution is -2.50. The van der Waals surface area contributed by atoms with E-state index in [1.54, 1.807) is 28.0 Å². The van der Waals surface area contributed by atoms with Crippen molar-refractivity contribution in [3.63, 3.8) is 0 Å². The lowest BCUT2D eigenvalue weighted by molar-refractivity contribution is -0.136. The molecule has 0 radical (unpaired) electrons. The van der Waals surface area contributed by atoms with Crippen LogP contribution in [0.5, 0.6) is 0 Å². The third-order valence-corrected chi connectivity index (χ3v) is 4.32. The van der Waals surface area contributed by atoms with Gasteiger partial charge in [0.25, 0.3) is 5.91 Å². The molecule has 1 aliphatic heterocycles. The molecule has 1 fully saturated rings. The number of carbonyl (C=O) groups excluding carboxylic acids is 2. The smallest absolute Gasteiger partial charge is 0.266 e. The number of hydrogen-bond acceptors (Lipinski definition) is 4. The number of hydrogen-bond donors (Lipinski definition) is 1. The van der Waals surface area contributed by atoms with Crippen molar-refractivity contribution in [2.75, 3.05) is 31.5 Å². The van der Waals surface area contributed by atoms with E-state index in [-0.39, 0.29) is 11.5 Å². The number of halogens is 2. The third kappa shape index (κ3) is 4.19. The van der Waals surface area contributed by atoms with Crippen LogP contribution in [0, 0.1) is 11.3 Å². The Labute approximate surface area is 150 Å². The summed E-state index contributed by atoms with van der Waals surface area (Å²) in [5.41, 5.74) is 0.380. The fraction of sp³-hybridized carbons (Fsp3) is 0.312. The minimum absolute atomic E-state index is 0.0202. The van der Waals surface area contributed by atoms with Gasteiger partial charge in [-0.1, -0.05) is 29.3 Å². The zero-order valence-electron chi connectivity index (χ0n) is 13.1. The lowest BCUT2D eigenvalue weighted by Gasteiger charge is -2.34. The first-order valence-electron chi connectivity index (χ1n) is 7.29. The summed E-state index contributed by atoms with van der Waals surface area (Å²) in [6, 6.07) is 6.88. The molecule has 0 unspecified atom stereocenters. The second-order valence-electron chi connectivity index (χ2n) is 5.21. The molecule has 1 heterocycles. The van der Waals surface area contributed by atoms with Gasteiger partial charge >= 0.3 is 0 Å². The van der Waals surface area contributed by atoms with Gasteiger partial charge in [-0.3, -0.25) is 9.59 Å². The van der Waals surface area contributed by atoms with Gasteiger partial charge < -0.3 is 15.1 Å². The summed E-state index contributed by atoms with van der Waals surface area (Å²) in [7, 11) is 0. The highest BCUT2D eigenvalue weighted by molar-refractivity contribution is 6.39. The van der Waals surface area contributed by atoms with E-state index in [1.165, 1.54) is 13.1 Å². The number of para-hydroxylation sites is 1. The van der Waals surface area contributed by atoms with Gasteiger partial charge in [0.05, 0.1) is 15.7 Å². The molecule has 8 heteroatoms. The molecule has 0 aliphatic carbocycles. The van der Waals surface area contributed by atoms with Crippen molar-refractivity contribution in [3.8, 4) is 6.07 Å². The van der Waals surface area contributed by atoms with Gasteiger partial charge in [0, 0.05) is 39.3 Å². The number of nitrogens with zero attached hydrogens (tertiary/aromatic N) is 3. The van der Waals surface area contributed by atoms with Gasteiger partial charge in [-0.15, -0.1) is 0 Å². The molecule has 2 amide bonds. The SMILES string of the molecule is CC(=O)N1CCN(C(=O)/C(C#N)=C\Nc2c(Cl)cccc2Cl)CC1. The second-order valence-corrected chi connectivity index (χ2v) is 6.02. The van der Waals surface area contributed by atoms with Gasteiger partial charge in [-0.05, 0) is 12.1 Å². The van der Waals surface area contributed by atoms with E-state index in [0.717, 1.165) is 0 Å². The molecule has 0 aromatic heterocycles. The number of piperazine rings is 1. The van der Waals surface area contributed by atoms with Crippen LogP contribution in [0.25, 0.3) is 0 Å². The maximum Gasteiger partial charge on any atom is 0.266 e. The number of nitrogens with one attached hydrogen (secondary N) is 1. The average Bonchev–Trinajstić information content (AvgIpc) is 2.57. The Balaban J connectivity index is 2.07. The summed E-state index contributed by atoms with van der Waals surface area (Å²) >= 11 is 12.1. The fourth-order valence-corrected chi connectivity index (χ4v) is 2.82. The minimum atomic E-state index is -0.392. The normalized spacial score (nSPS) is 15.0.